The number of rotatable bonds is 4. The smallest absolute Gasteiger partial charge is 0.239 e. The minimum absolute atomic E-state index is 0.154. The maximum Gasteiger partial charge on any atom is 0.239 e. The highest BCUT2D eigenvalue weighted by Crippen LogP contribution is 2.36. The Bertz CT molecular complexity index is 611. The quantitative estimate of drug-likeness (QED) is 0.823. The zero-order chi connectivity index (χ0) is 14.8. The molecule has 2 aromatic rings. The van der Waals surface area contributed by atoms with Gasteiger partial charge >= 0.3 is 0 Å². The molecule has 0 bridgehead atoms. The van der Waals surface area contributed by atoms with Crippen LogP contribution in [-0.4, -0.2) is 16.9 Å². The molecule has 4 nitrogen and oxygen atoms in total. The first kappa shape index (κ1) is 15.1. The molecule has 1 atom stereocenters. The third-order valence-electron chi connectivity index (χ3n) is 2.90. The summed E-state index contributed by atoms with van der Waals surface area (Å²) in [5.41, 5.74) is -0.372. The van der Waals surface area contributed by atoms with Gasteiger partial charge in [-0.3, -0.25) is 4.79 Å². The Hall–Kier alpha value is -1.30. The molecule has 0 radical (unpaired) electrons. The van der Waals surface area contributed by atoms with Gasteiger partial charge in [0.15, 0.2) is 0 Å². The summed E-state index contributed by atoms with van der Waals surface area (Å²) in [6.45, 7) is 1.60. The molecule has 0 saturated heterocycles. The summed E-state index contributed by atoms with van der Waals surface area (Å²) in [6.07, 6.45) is 1.48. The van der Waals surface area contributed by atoms with Crippen LogP contribution in [0.4, 0.5) is 5.69 Å². The van der Waals surface area contributed by atoms with E-state index in [1.165, 1.54) is 6.26 Å². The normalized spacial score (nSPS) is 13.8. The van der Waals surface area contributed by atoms with E-state index in [4.69, 9.17) is 16.0 Å². The van der Waals surface area contributed by atoms with E-state index in [0.29, 0.717) is 17.0 Å². The molecule has 0 aliphatic heterocycles. The number of halogens is 2. The minimum atomic E-state index is -1.37. The van der Waals surface area contributed by atoms with Crippen molar-refractivity contribution in [3.63, 3.8) is 0 Å². The summed E-state index contributed by atoms with van der Waals surface area (Å²) in [5.74, 6) is -0.110. The van der Waals surface area contributed by atoms with E-state index in [0.717, 1.165) is 4.47 Å². The predicted octanol–water partition coefficient (Wildman–Crippen LogP) is 3.48. The fourth-order valence-corrected chi connectivity index (χ4v) is 2.33. The predicted molar refractivity (Wildman–Crippen MR) is 80.9 cm³/mol. The number of amides is 1. The number of anilines is 1. The Balaban J connectivity index is 2.49. The molecule has 1 unspecified atom stereocenters. The molecule has 106 valence electrons. The summed E-state index contributed by atoms with van der Waals surface area (Å²) in [6, 6.07) is 8.56. The number of hydrogen-bond donors (Lipinski definition) is 2. The molecule has 0 aliphatic rings. The lowest BCUT2D eigenvalue weighted by Gasteiger charge is -2.24. The van der Waals surface area contributed by atoms with Crippen LogP contribution in [0.1, 0.15) is 18.2 Å². The second kappa shape index (κ2) is 5.99. The Kier molecular flexibility index (Phi) is 4.52. The number of furan rings is 1. The largest absolute Gasteiger partial charge is 0.466 e. The van der Waals surface area contributed by atoms with E-state index in [2.05, 4.69) is 21.2 Å². The van der Waals surface area contributed by atoms with Crippen LogP contribution in [0, 0.1) is 0 Å². The second-order valence-electron chi connectivity index (χ2n) is 4.42. The summed E-state index contributed by atoms with van der Waals surface area (Å²) < 4.78 is 6.06. The van der Waals surface area contributed by atoms with E-state index < -0.39 is 5.60 Å². The van der Waals surface area contributed by atoms with Crippen molar-refractivity contribution in [2.75, 3.05) is 11.2 Å². The van der Waals surface area contributed by atoms with Gasteiger partial charge in [-0.2, -0.15) is 0 Å². The standard InChI is InChI=1S/C14H13BrClNO3/c1-14(19,12-3-2-6-20-12)10-7-9(15)4-5-11(10)17-13(18)8-16/h2-7,19H,8H2,1H3,(H,17,18). The third-order valence-corrected chi connectivity index (χ3v) is 3.64. The third kappa shape index (κ3) is 3.06. The van der Waals surface area contributed by atoms with Crippen LogP contribution in [0.3, 0.4) is 0 Å². The molecule has 0 aliphatic carbocycles. The van der Waals surface area contributed by atoms with Gasteiger partial charge in [0.2, 0.25) is 5.91 Å². The topological polar surface area (TPSA) is 62.5 Å². The van der Waals surface area contributed by atoms with Crippen molar-refractivity contribution in [2.24, 2.45) is 0 Å². The lowest BCUT2D eigenvalue weighted by atomic mass is 9.92. The van der Waals surface area contributed by atoms with E-state index in [9.17, 15) is 9.90 Å². The second-order valence-corrected chi connectivity index (χ2v) is 5.60. The molecule has 2 N–H and O–H groups in total. The van der Waals surface area contributed by atoms with Crippen LogP contribution < -0.4 is 5.32 Å². The Morgan fingerprint density at radius 1 is 1.50 bits per heavy atom. The molecule has 6 heteroatoms. The Morgan fingerprint density at radius 2 is 2.25 bits per heavy atom. The summed E-state index contributed by atoms with van der Waals surface area (Å²) >= 11 is 8.85. The van der Waals surface area contributed by atoms with Crippen molar-refractivity contribution in [2.45, 2.75) is 12.5 Å². The van der Waals surface area contributed by atoms with Crippen molar-refractivity contribution in [1.29, 1.82) is 0 Å². The van der Waals surface area contributed by atoms with Gasteiger partial charge in [0.05, 0.1) is 6.26 Å². The van der Waals surface area contributed by atoms with Gasteiger partial charge in [-0.1, -0.05) is 15.9 Å². The number of hydrogen-bond acceptors (Lipinski definition) is 3. The van der Waals surface area contributed by atoms with E-state index >= 15 is 0 Å². The number of carbonyl (C=O) groups excluding carboxylic acids is 1. The fourth-order valence-electron chi connectivity index (χ4n) is 1.90. The van der Waals surface area contributed by atoms with Crippen LogP contribution >= 0.6 is 27.5 Å². The lowest BCUT2D eigenvalue weighted by molar-refractivity contribution is -0.113. The van der Waals surface area contributed by atoms with Crippen molar-refractivity contribution >= 4 is 39.1 Å². The minimum Gasteiger partial charge on any atom is -0.466 e. The maximum absolute atomic E-state index is 11.5. The van der Waals surface area contributed by atoms with Crippen LogP contribution in [0.5, 0.6) is 0 Å². The number of alkyl halides is 1. The van der Waals surface area contributed by atoms with Crippen LogP contribution in [0.2, 0.25) is 0 Å². The van der Waals surface area contributed by atoms with Crippen molar-refractivity contribution < 1.29 is 14.3 Å². The SMILES string of the molecule is CC(O)(c1ccco1)c1cc(Br)ccc1NC(=O)CCl. The van der Waals surface area contributed by atoms with Gasteiger partial charge in [0.25, 0.3) is 0 Å². The van der Waals surface area contributed by atoms with Crippen LogP contribution in [-0.2, 0) is 10.4 Å². The summed E-state index contributed by atoms with van der Waals surface area (Å²) in [5, 5.41) is 13.4. The summed E-state index contributed by atoms with van der Waals surface area (Å²) in [7, 11) is 0. The van der Waals surface area contributed by atoms with Crippen LogP contribution in [0.15, 0.2) is 45.5 Å². The van der Waals surface area contributed by atoms with Gasteiger partial charge in [-0.15, -0.1) is 11.6 Å². The first-order valence-electron chi connectivity index (χ1n) is 5.87. The van der Waals surface area contributed by atoms with Gasteiger partial charge in [0.1, 0.15) is 17.2 Å². The Morgan fingerprint density at radius 3 is 2.85 bits per heavy atom. The van der Waals surface area contributed by atoms with Gasteiger partial charge < -0.3 is 14.8 Å². The van der Waals surface area contributed by atoms with E-state index in [1.54, 1.807) is 37.3 Å². The highest BCUT2D eigenvalue weighted by atomic mass is 79.9. The molecule has 1 amide bonds. The van der Waals surface area contributed by atoms with Gasteiger partial charge in [-0.05, 0) is 37.3 Å². The Labute approximate surface area is 129 Å². The molecular weight excluding hydrogens is 346 g/mol. The van der Waals surface area contributed by atoms with E-state index in [-0.39, 0.29) is 11.8 Å². The number of carbonyl (C=O) groups is 1. The number of aliphatic hydroxyl groups is 1. The average molecular weight is 359 g/mol. The van der Waals surface area contributed by atoms with Gasteiger partial charge in [-0.25, -0.2) is 0 Å². The molecule has 1 aromatic carbocycles. The zero-order valence-electron chi connectivity index (χ0n) is 10.7. The first-order valence-corrected chi connectivity index (χ1v) is 7.20. The molecule has 2 rings (SSSR count). The molecule has 20 heavy (non-hydrogen) atoms. The average Bonchev–Trinajstić information content (AvgIpc) is 2.95. The lowest BCUT2D eigenvalue weighted by Crippen LogP contribution is -2.25. The first-order chi connectivity index (χ1) is 9.45. The van der Waals surface area contributed by atoms with Crippen molar-refractivity contribution in [1.82, 2.24) is 0 Å². The number of nitrogens with one attached hydrogen (secondary N) is 1. The molecule has 1 aromatic heterocycles. The summed E-state index contributed by atoms with van der Waals surface area (Å²) in [4.78, 5) is 11.5. The molecule has 1 heterocycles. The molecule has 0 fully saturated rings. The van der Waals surface area contributed by atoms with Gasteiger partial charge in [0, 0.05) is 15.7 Å². The van der Waals surface area contributed by atoms with Crippen LogP contribution in [0.25, 0.3) is 0 Å². The van der Waals surface area contributed by atoms with Crippen molar-refractivity contribution in [3.05, 3.63) is 52.4 Å². The number of benzene rings is 1. The van der Waals surface area contributed by atoms with E-state index in [1.807, 2.05) is 0 Å². The highest BCUT2D eigenvalue weighted by molar-refractivity contribution is 9.10. The molecule has 0 saturated carbocycles. The van der Waals surface area contributed by atoms with Crippen molar-refractivity contribution in [3.8, 4) is 0 Å². The zero-order valence-corrected chi connectivity index (χ0v) is 13.0. The monoisotopic (exact) mass is 357 g/mol. The fraction of sp³-hybridized carbons (Fsp3) is 0.214. The molecular formula is C14H13BrClNO3. The highest BCUT2D eigenvalue weighted by Gasteiger charge is 2.31. The maximum atomic E-state index is 11.5. The molecule has 0 spiro atoms.